The van der Waals surface area contributed by atoms with Crippen molar-refractivity contribution in [2.75, 3.05) is 0 Å². The van der Waals surface area contributed by atoms with Gasteiger partial charge in [0.2, 0.25) is 0 Å². The molecule has 6 aromatic carbocycles. The molecule has 2 nitrogen and oxygen atoms in total. The van der Waals surface area contributed by atoms with Crippen molar-refractivity contribution in [3.05, 3.63) is 145 Å². The van der Waals surface area contributed by atoms with E-state index in [0.29, 0.717) is 0 Å². The summed E-state index contributed by atoms with van der Waals surface area (Å²) < 4.78 is 4.92. The number of rotatable bonds is 2. The molecule has 0 fully saturated rings. The van der Waals surface area contributed by atoms with Crippen molar-refractivity contribution in [2.24, 2.45) is 0 Å². The van der Waals surface area contributed by atoms with E-state index in [-0.39, 0.29) is 5.41 Å². The fourth-order valence-electron chi connectivity index (χ4n) is 7.20. The molecule has 0 bridgehead atoms. The second kappa shape index (κ2) is 8.64. The van der Waals surface area contributed by atoms with Crippen molar-refractivity contribution in [1.29, 1.82) is 0 Å². The molecule has 0 saturated carbocycles. The van der Waals surface area contributed by atoms with Gasteiger partial charge in [-0.2, -0.15) is 0 Å². The Hall–Kier alpha value is -4.73. The zero-order valence-corrected chi connectivity index (χ0v) is 24.3. The third kappa shape index (κ3) is 3.17. The first kappa shape index (κ1) is 23.9. The lowest BCUT2D eigenvalue weighted by atomic mass is 9.77. The van der Waals surface area contributed by atoms with Crippen LogP contribution in [0.25, 0.3) is 55.0 Å². The molecule has 3 heteroatoms. The number of hydrogen-bond donors (Lipinski definition) is 0. The van der Waals surface area contributed by atoms with Gasteiger partial charge in [-0.05, 0) is 65.7 Å². The molecule has 0 saturated heterocycles. The summed E-state index contributed by atoms with van der Waals surface area (Å²) in [6.45, 7) is 4.73. The molecule has 0 amide bonds. The molecule has 0 spiro atoms. The summed E-state index contributed by atoms with van der Waals surface area (Å²) in [6, 6.07) is 49.0. The van der Waals surface area contributed by atoms with Gasteiger partial charge in [-0.15, -0.1) is 0 Å². The minimum atomic E-state index is -0.0927. The van der Waals surface area contributed by atoms with Gasteiger partial charge < -0.3 is 9.13 Å². The minimum Gasteiger partial charge on any atom is -0.309 e. The third-order valence-corrected chi connectivity index (χ3v) is 10.3. The van der Waals surface area contributed by atoms with Crippen molar-refractivity contribution in [1.82, 2.24) is 9.13 Å². The fraction of sp³-hybridized carbons (Fsp3) is 0.0769. The van der Waals surface area contributed by atoms with E-state index in [0.717, 1.165) is 0 Å². The smallest absolute Gasteiger partial charge is 0.0641 e. The van der Waals surface area contributed by atoms with E-state index in [1.54, 1.807) is 0 Å². The highest BCUT2D eigenvalue weighted by atomic mass is 32.2. The topological polar surface area (TPSA) is 9.86 Å². The maximum atomic E-state index is 2.51. The van der Waals surface area contributed by atoms with Crippen molar-refractivity contribution in [2.45, 2.75) is 29.1 Å². The summed E-state index contributed by atoms with van der Waals surface area (Å²) in [7, 11) is 0. The van der Waals surface area contributed by atoms with Gasteiger partial charge >= 0.3 is 0 Å². The van der Waals surface area contributed by atoms with E-state index in [4.69, 9.17) is 0 Å². The van der Waals surface area contributed by atoms with E-state index >= 15 is 0 Å². The average molecular weight is 557 g/mol. The van der Waals surface area contributed by atoms with Gasteiger partial charge in [0.1, 0.15) is 0 Å². The molecule has 3 heterocycles. The van der Waals surface area contributed by atoms with Crippen LogP contribution in [0.3, 0.4) is 0 Å². The SMILES string of the molecule is CC1(C)c2ccccc2Sc2ccc(-n3c4ccccc4c4ccc5c(c6ccccc6n5-c5ccccc5)c43)cc21. The molecule has 0 aliphatic carbocycles. The van der Waals surface area contributed by atoms with Gasteiger partial charge in [-0.3, -0.25) is 0 Å². The van der Waals surface area contributed by atoms with Gasteiger partial charge in [0.05, 0.1) is 22.1 Å². The predicted molar refractivity (Wildman–Crippen MR) is 178 cm³/mol. The van der Waals surface area contributed by atoms with Gasteiger partial charge in [0.15, 0.2) is 0 Å². The molecule has 1 aliphatic heterocycles. The maximum absolute atomic E-state index is 2.51. The molecule has 0 N–H and O–H groups in total. The Morgan fingerprint density at radius 2 is 1.14 bits per heavy atom. The van der Waals surface area contributed by atoms with Crippen molar-refractivity contribution in [3.8, 4) is 11.4 Å². The third-order valence-electron chi connectivity index (χ3n) is 9.16. The molecule has 200 valence electrons. The number of nitrogens with zero attached hydrogens (tertiary/aromatic N) is 2. The van der Waals surface area contributed by atoms with Crippen LogP contribution in [0.15, 0.2) is 143 Å². The summed E-state index contributed by atoms with van der Waals surface area (Å²) in [4.78, 5) is 2.70. The Morgan fingerprint density at radius 3 is 1.98 bits per heavy atom. The molecule has 2 aromatic heterocycles. The van der Waals surface area contributed by atoms with Crippen molar-refractivity contribution in [3.63, 3.8) is 0 Å². The van der Waals surface area contributed by atoms with Crippen LogP contribution in [0.1, 0.15) is 25.0 Å². The van der Waals surface area contributed by atoms with Gasteiger partial charge in [-0.25, -0.2) is 0 Å². The zero-order valence-electron chi connectivity index (χ0n) is 23.5. The van der Waals surface area contributed by atoms with Gasteiger partial charge in [0.25, 0.3) is 0 Å². The number of fused-ring (bicyclic) bond motifs is 9. The largest absolute Gasteiger partial charge is 0.309 e. The lowest BCUT2D eigenvalue weighted by Gasteiger charge is -2.35. The van der Waals surface area contributed by atoms with Crippen molar-refractivity contribution < 1.29 is 0 Å². The lowest BCUT2D eigenvalue weighted by molar-refractivity contribution is 0.607. The van der Waals surface area contributed by atoms with E-state index < -0.39 is 0 Å². The Morgan fingerprint density at radius 1 is 0.476 bits per heavy atom. The van der Waals surface area contributed by atoms with Crippen LogP contribution in [-0.4, -0.2) is 9.13 Å². The van der Waals surface area contributed by atoms with Crippen LogP contribution >= 0.6 is 11.8 Å². The fourth-order valence-corrected chi connectivity index (χ4v) is 8.58. The number of hydrogen-bond acceptors (Lipinski definition) is 1. The first-order chi connectivity index (χ1) is 20.6. The Labute approximate surface area is 248 Å². The van der Waals surface area contributed by atoms with Crippen LogP contribution < -0.4 is 0 Å². The first-order valence-electron chi connectivity index (χ1n) is 14.5. The van der Waals surface area contributed by atoms with E-state index in [2.05, 4.69) is 156 Å². The average Bonchev–Trinajstić information content (AvgIpc) is 3.54. The first-order valence-corrected chi connectivity index (χ1v) is 15.4. The second-order valence-electron chi connectivity index (χ2n) is 11.8. The molecule has 8 aromatic rings. The van der Waals surface area contributed by atoms with Crippen LogP contribution in [0, 0.1) is 0 Å². The summed E-state index contributed by atoms with van der Waals surface area (Å²) in [5.41, 5.74) is 10.0. The number of aromatic nitrogens is 2. The highest BCUT2D eigenvalue weighted by Gasteiger charge is 2.33. The minimum absolute atomic E-state index is 0.0927. The van der Waals surface area contributed by atoms with Crippen LogP contribution in [0.5, 0.6) is 0 Å². The molecule has 0 radical (unpaired) electrons. The maximum Gasteiger partial charge on any atom is 0.0641 e. The van der Waals surface area contributed by atoms with Crippen LogP contribution in [0.4, 0.5) is 0 Å². The highest BCUT2D eigenvalue weighted by molar-refractivity contribution is 7.99. The Kier molecular flexibility index (Phi) is 4.92. The molecule has 0 atom stereocenters. The Bertz CT molecular complexity index is 2350. The number of benzene rings is 6. The molecule has 1 aliphatic rings. The highest BCUT2D eigenvalue weighted by Crippen LogP contribution is 2.50. The molecule has 42 heavy (non-hydrogen) atoms. The monoisotopic (exact) mass is 556 g/mol. The Balaban J connectivity index is 1.42. The predicted octanol–water partition coefficient (Wildman–Crippen LogP) is 10.7. The normalized spacial score (nSPS) is 14.0. The van der Waals surface area contributed by atoms with E-state index in [1.165, 1.54) is 75.9 Å². The lowest BCUT2D eigenvalue weighted by Crippen LogP contribution is -2.24. The van der Waals surface area contributed by atoms with E-state index in [9.17, 15) is 0 Å². The summed E-state index contributed by atoms with van der Waals surface area (Å²) in [5, 5.41) is 5.13. The molecule has 9 rings (SSSR count). The summed E-state index contributed by atoms with van der Waals surface area (Å²) in [6.07, 6.45) is 0. The summed E-state index contributed by atoms with van der Waals surface area (Å²) >= 11 is 1.89. The van der Waals surface area contributed by atoms with Crippen LogP contribution in [-0.2, 0) is 5.41 Å². The standard InChI is InChI=1S/C39H28N2S/c1-39(2)30-16-8-11-19-35(30)42-36-23-20-26(24-31(36)39)41-32-17-9-6-14-27(32)28-21-22-34-37(38(28)41)29-15-7-10-18-33(29)40(34)25-12-4-3-5-13-25/h3-24H,1-2H3. The van der Waals surface area contributed by atoms with Gasteiger partial charge in [-0.1, -0.05) is 104 Å². The van der Waals surface area contributed by atoms with Gasteiger partial charge in [0, 0.05) is 48.1 Å². The second-order valence-corrected chi connectivity index (χ2v) is 12.9. The molecular weight excluding hydrogens is 529 g/mol. The summed E-state index contributed by atoms with van der Waals surface area (Å²) in [5.74, 6) is 0. The quantitative estimate of drug-likeness (QED) is 0.206. The molecular formula is C39H28N2S. The van der Waals surface area contributed by atoms with E-state index in [1.807, 2.05) is 11.8 Å². The van der Waals surface area contributed by atoms with Crippen LogP contribution in [0.2, 0.25) is 0 Å². The zero-order chi connectivity index (χ0) is 28.0. The van der Waals surface area contributed by atoms with Crippen molar-refractivity contribution >= 4 is 55.4 Å². The number of para-hydroxylation sites is 3. The molecule has 0 unspecified atom stereocenters.